The third-order valence-corrected chi connectivity index (χ3v) is 6.85. The Balaban J connectivity index is 0. The first-order valence-corrected chi connectivity index (χ1v) is 15.9. The first kappa shape index (κ1) is 37.1. The molecule has 0 fully saturated rings. The number of amides is 1. The van der Waals surface area contributed by atoms with Crippen molar-refractivity contribution in [1.82, 2.24) is 5.32 Å². The van der Waals surface area contributed by atoms with E-state index in [2.05, 4.69) is 12.2 Å². The summed E-state index contributed by atoms with van der Waals surface area (Å²) in [4.78, 5) is 11.8. The highest BCUT2D eigenvalue weighted by Gasteiger charge is 2.05. The van der Waals surface area contributed by atoms with Gasteiger partial charge in [0.25, 0.3) is 0 Å². The van der Waals surface area contributed by atoms with Crippen molar-refractivity contribution in [3.63, 3.8) is 0 Å². The van der Waals surface area contributed by atoms with Crippen LogP contribution in [-0.2, 0) is 37.5 Å². The van der Waals surface area contributed by atoms with Gasteiger partial charge in [0.2, 0.25) is 13.5 Å². The van der Waals surface area contributed by atoms with Crippen LogP contribution in [0, 0.1) is 0 Å². The molecule has 0 aromatic rings. The summed E-state index contributed by atoms with van der Waals surface area (Å²) in [6.45, 7) is 13.0. The Morgan fingerprint density at radius 3 is 1.69 bits per heavy atom. The average molecular weight is 546 g/mol. The van der Waals surface area contributed by atoms with E-state index in [-0.39, 0.29) is 5.91 Å². The number of rotatable bonds is 27. The highest BCUT2D eigenvalue weighted by atomic mass is 32.7. The third-order valence-electron chi connectivity index (χ3n) is 4.20. The van der Waals surface area contributed by atoms with Gasteiger partial charge < -0.3 is 38.0 Å². The molecule has 35 heavy (non-hydrogen) atoms. The molecule has 9 nitrogen and oxygen atoms in total. The topological polar surface area (TPSA) is 93.7 Å². The van der Waals surface area contributed by atoms with Crippen LogP contribution in [0.3, 0.4) is 0 Å². The molecule has 0 bridgehead atoms. The van der Waals surface area contributed by atoms with Crippen LogP contribution in [0.25, 0.3) is 0 Å². The lowest BCUT2D eigenvalue weighted by atomic mass is 10.2. The second-order valence-corrected chi connectivity index (χ2v) is 10.4. The van der Waals surface area contributed by atoms with E-state index in [0.717, 1.165) is 45.3 Å². The zero-order valence-corrected chi connectivity index (χ0v) is 24.6. The monoisotopic (exact) mass is 545 g/mol. The zero-order chi connectivity index (χ0) is 26.2. The van der Waals surface area contributed by atoms with Gasteiger partial charge in [-0.1, -0.05) is 45.0 Å². The van der Waals surface area contributed by atoms with E-state index in [1.54, 1.807) is 18.5 Å². The van der Waals surface area contributed by atoms with E-state index >= 15 is 0 Å². The zero-order valence-electron chi connectivity index (χ0n) is 22.8. The summed E-state index contributed by atoms with van der Waals surface area (Å²) in [5, 5.41) is 2.93. The molecule has 1 amide bonds. The summed E-state index contributed by atoms with van der Waals surface area (Å²) < 4.78 is 37.8. The Kier molecular flexibility index (Phi) is 36.0. The van der Waals surface area contributed by atoms with Crippen LogP contribution in [0.4, 0.5) is 0 Å². The van der Waals surface area contributed by atoms with Gasteiger partial charge in [-0.15, -0.1) is 0 Å². The van der Waals surface area contributed by atoms with Gasteiger partial charge in [0.05, 0.1) is 66.1 Å². The summed E-state index contributed by atoms with van der Waals surface area (Å²) in [5.41, 5.74) is 0. The van der Waals surface area contributed by atoms with Gasteiger partial charge in [0, 0.05) is 26.7 Å². The second kappa shape index (κ2) is 34.0. The number of carbonyl (C=O) groups is 1. The molecule has 0 rings (SSSR count). The second-order valence-electron chi connectivity index (χ2n) is 7.00. The quantitative estimate of drug-likeness (QED) is 0.115. The van der Waals surface area contributed by atoms with Crippen molar-refractivity contribution in [1.29, 1.82) is 0 Å². The molecule has 0 saturated heterocycles. The van der Waals surface area contributed by atoms with Crippen LogP contribution in [0.2, 0.25) is 0 Å². The predicted octanol–water partition coefficient (Wildman–Crippen LogP) is 4.83. The minimum atomic E-state index is -0.784. The number of hydrogen-bond donors (Lipinski definition) is 1. The Bertz CT molecular complexity index is 410. The highest BCUT2D eigenvalue weighted by Crippen LogP contribution is 2.49. The number of ether oxygens (including phenoxy) is 5. The Morgan fingerprint density at radius 2 is 1.20 bits per heavy atom. The summed E-state index contributed by atoms with van der Waals surface area (Å²) in [6, 6.07) is 0. The van der Waals surface area contributed by atoms with Gasteiger partial charge >= 0.3 is 0 Å². The van der Waals surface area contributed by atoms with Gasteiger partial charge in [-0.3, -0.25) is 4.79 Å². The maximum Gasteiger partial charge on any atom is 0.237 e. The smallest absolute Gasteiger partial charge is 0.237 e. The van der Waals surface area contributed by atoms with Crippen LogP contribution < -0.4 is 5.32 Å². The fourth-order valence-corrected chi connectivity index (χ4v) is 4.13. The van der Waals surface area contributed by atoms with Crippen LogP contribution >= 0.6 is 19.0 Å². The van der Waals surface area contributed by atoms with Gasteiger partial charge in [-0.25, -0.2) is 0 Å². The molecule has 0 spiro atoms. The number of hydrogen-bond acceptors (Lipinski definition) is 9. The van der Waals surface area contributed by atoms with Gasteiger partial charge in [0.1, 0.15) is 0 Å². The van der Waals surface area contributed by atoms with E-state index in [1.807, 2.05) is 20.1 Å². The molecule has 0 aliphatic carbocycles. The van der Waals surface area contributed by atoms with E-state index in [1.165, 1.54) is 0 Å². The summed E-state index contributed by atoms with van der Waals surface area (Å²) in [5.74, 6) is 0.0255. The molecule has 1 atom stereocenters. The minimum Gasteiger partial charge on any atom is -0.379 e. The van der Waals surface area contributed by atoms with Crippen LogP contribution in [0.1, 0.15) is 59.3 Å². The van der Waals surface area contributed by atoms with Crippen molar-refractivity contribution in [2.24, 2.45) is 0 Å². The molecular weight excluding hydrogens is 493 g/mol. The number of nitrogens with one attached hydrogen (secondary N) is 1. The Labute approximate surface area is 219 Å². The molecule has 0 radical (unpaired) electrons. The van der Waals surface area contributed by atoms with Crippen molar-refractivity contribution >= 4 is 24.9 Å². The molecule has 0 aliphatic heterocycles. The molecule has 0 aromatic carbocycles. The van der Waals surface area contributed by atoms with Crippen LogP contribution in [-0.4, -0.2) is 98.5 Å². The Hall–Kier alpha value is -0.0300. The summed E-state index contributed by atoms with van der Waals surface area (Å²) in [6.07, 6.45) is 7.54. The van der Waals surface area contributed by atoms with Crippen molar-refractivity contribution in [2.45, 2.75) is 59.3 Å². The summed E-state index contributed by atoms with van der Waals surface area (Å²) >= 11 is 1.61. The molecule has 0 aliphatic rings. The van der Waals surface area contributed by atoms with Crippen LogP contribution in [0.5, 0.6) is 0 Å². The Morgan fingerprint density at radius 1 is 0.714 bits per heavy atom. The molecule has 1 N–H and O–H groups in total. The fourth-order valence-electron chi connectivity index (χ4n) is 2.51. The largest absolute Gasteiger partial charge is 0.379 e. The fraction of sp³-hybridized carbons (Fsp3) is 0.958. The molecule has 0 heterocycles. The first-order chi connectivity index (χ1) is 17.2. The van der Waals surface area contributed by atoms with E-state index in [9.17, 15) is 4.79 Å². The third kappa shape index (κ3) is 31.9. The maximum absolute atomic E-state index is 11.8. The molecular formula is C24H52NO8PS. The SMILES string of the molecule is CC.CCCOCCOCCOCCOCCOCCC(=O)NCCCCCCOP(OC)SC. The highest BCUT2D eigenvalue weighted by molar-refractivity contribution is 8.52. The molecule has 0 saturated carbocycles. The normalized spacial score (nSPS) is 11.7. The van der Waals surface area contributed by atoms with E-state index in [4.69, 9.17) is 32.7 Å². The lowest BCUT2D eigenvalue weighted by molar-refractivity contribution is -0.122. The van der Waals surface area contributed by atoms with Crippen molar-refractivity contribution < 1.29 is 37.5 Å². The lowest BCUT2D eigenvalue weighted by Gasteiger charge is -2.11. The number of carbonyl (C=O) groups excluding carboxylic acids is 1. The standard InChI is InChI=1S/C22H46NO8PS.C2H6/c1-4-11-26-14-16-28-18-20-30-21-19-29-17-15-27-13-9-22(24)23-10-7-5-6-8-12-31-32(25-2)33-3;1-2/h4-21H2,1-3H3,(H,23,24);1-2H3. The van der Waals surface area contributed by atoms with E-state index < -0.39 is 7.58 Å². The molecule has 11 heteroatoms. The molecule has 1 unspecified atom stereocenters. The van der Waals surface area contributed by atoms with Crippen molar-refractivity contribution in [3.8, 4) is 0 Å². The predicted molar refractivity (Wildman–Crippen MR) is 145 cm³/mol. The van der Waals surface area contributed by atoms with Gasteiger partial charge in [-0.2, -0.15) is 0 Å². The average Bonchev–Trinajstić information content (AvgIpc) is 2.88. The summed E-state index contributed by atoms with van der Waals surface area (Å²) in [7, 11) is 0.890. The van der Waals surface area contributed by atoms with Crippen LogP contribution in [0.15, 0.2) is 0 Å². The maximum atomic E-state index is 11.8. The van der Waals surface area contributed by atoms with Gasteiger partial charge in [-0.05, 0) is 25.5 Å². The van der Waals surface area contributed by atoms with E-state index in [0.29, 0.717) is 72.4 Å². The lowest BCUT2D eigenvalue weighted by Crippen LogP contribution is -2.25. The minimum absolute atomic E-state index is 0.0255. The van der Waals surface area contributed by atoms with Crippen molar-refractivity contribution in [3.05, 3.63) is 0 Å². The molecule has 0 aromatic heterocycles. The number of unbranched alkanes of at least 4 members (excludes halogenated alkanes) is 3. The van der Waals surface area contributed by atoms with Gasteiger partial charge in [0.15, 0.2) is 0 Å². The van der Waals surface area contributed by atoms with Crippen molar-refractivity contribution in [2.75, 3.05) is 92.6 Å². The molecule has 212 valence electrons. The first-order valence-electron chi connectivity index (χ1n) is 12.9.